The summed E-state index contributed by atoms with van der Waals surface area (Å²) >= 11 is 0. The number of aromatic nitrogens is 2. The normalized spacial score (nSPS) is 14.1. The molecule has 1 aliphatic heterocycles. The van der Waals surface area contributed by atoms with Crippen molar-refractivity contribution in [3.63, 3.8) is 0 Å². The van der Waals surface area contributed by atoms with E-state index in [1.165, 1.54) is 0 Å². The Morgan fingerprint density at radius 2 is 1.79 bits per heavy atom. The lowest BCUT2D eigenvalue weighted by Crippen LogP contribution is -2.50. The predicted octanol–water partition coefficient (Wildman–Crippen LogP) is 2.32. The molecule has 8 nitrogen and oxygen atoms in total. The van der Waals surface area contributed by atoms with Crippen molar-refractivity contribution in [3.05, 3.63) is 35.5 Å². The minimum absolute atomic E-state index is 0.142. The number of ether oxygens (including phenoxy) is 2. The maximum atomic E-state index is 12.9. The van der Waals surface area contributed by atoms with Gasteiger partial charge < -0.3 is 19.3 Å². The van der Waals surface area contributed by atoms with E-state index >= 15 is 0 Å². The van der Waals surface area contributed by atoms with Gasteiger partial charge in [0.1, 0.15) is 5.75 Å². The van der Waals surface area contributed by atoms with E-state index in [1.54, 1.807) is 34.6 Å². The molecule has 1 saturated heterocycles. The van der Waals surface area contributed by atoms with Crippen LogP contribution in [-0.4, -0.2) is 71.5 Å². The summed E-state index contributed by atoms with van der Waals surface area (Å²) in [5.41, 5.74) is 3.18. The summed E-state index contributed by atoms with van der Waals surface area (Å²) in [6.07, 6.45) is -0.332. The van der Waals surface area contributed by atoms with E-state index in [0.29, 0.717) is 38.5 Å². The van der Waals surface area contributed by atoms with Gasteiger partial charge in [-0.3, -0.25) is 9.48 Å². The van der Waals surface area contributed by atoms with Crippen LogP contribution < -0.4 is 4.74 Å². The van der Waals surface area contributed by atoms with Crippen LogP contribution in [0.25, 0.3) is 11.3 Å². The molecule has 1 aliphatic rings. The minimum atomic E-state index is -0.332. The molecule has 1 aromatic carbocycles. The molecule has 8 heteroatoms. The van der Waals surface area contributed by atoms with Gasteiger partial charge in [-0.05, 0) is 32.0 Å². The summed E-state index contributed by atoms with van der Waals surface area (Å²) in [5, 5.41) is 4.42. The fraction of sp³-hybridized carbons (Fsp3) is 0.450. The summed E-state index contributed by atoms with van der Waals surface area (Å²) in [7, 11) is 3.44. The van der Waals surface area contributed by atoms with E-state index in [2.05, 4.69) is 5.10 Å². The number of benzene rings is 1. The lowest BCUT2D eigenvalue weighted by molar-refractivity contribution is 0.0565. The fourth-order valence-electron chi connectivity index (χ4n) is 3.31. The third-order valence-electron chi connectivity index (χ3n) is 4.82. The number of aryl methyl sites for hydroxylation is 2. The highest BCUT2D eigenvalue weighted by Crippen LogP contribution is 2.31. The average Bonchev–Trinajstić information content (AvgIpc) is 3.09. The average molecular weight is 386 g/mol. The SMILES string of the molecule is CCOC(=O)N1CCN(C(=O)c2cc(-c3cc(C)ccc3OC)n(C)n2)CC1. The Morgan fingerprint density at radius 3 is 2.43 bits per heavy atom. The topological polar surface area (TPSA) is 76.9 Å². The molecule has 3 rings (SSSR count). The number of carbonyl (C=O) groups excluding carboxylic acids is 2. The van der Waals surface area contributed by atoms with E-state index in [-0.39, 0.29) is 12.0 Å². The molecular formula is C20H26N4O4. The third kappa shape index (κ3) is 3.95. The first-order chi connectivity index (χ1) is 13.4. The Balaban J connectivity index is 1.76. The monoisotopic (exact) mass is 386 g/mol. The maximum Gasteiger partial charge on any atom is 0.409 e. The van der Waals surface area contributed by atoms with Gasteiger partial charge in [0, 0.05) is 38.8 Å². The van der Waals surface area contributed by atoms with Gasteiger partial charge >= 0.3 is 6.09 Å². The summed E-state index contributed by atoms with van der Waals surface area (Å²) in [6.45, 7) is 5.95. The molecule has 0 saturated carbocycles. The molecule has 1 fully saturated rings. The highest BCUT2D eigenvalue weighted by molar-refractivity contribution is 5.94. The second-order valence-corrected chi connectivity index (χ2v) is 6.72. The lowest BCUT2D eigenvalue weighted by atomic mass is 10.1. The summed E-state index contributed by atoms with van der Waals surface area (Å²) < 4.78 is 12.2. The molecule has 0 unspecified atom stereocenters. The molecule has 0 bridgehead atoms. The Hall–Kier alpha value is -3.03. The van der Waals surface area contributed by atoms with Crippen molar-refractivity contribution in [1.29, 1.82) is 0 Å². The van der Waals surface area contributed by atoms with E-state index < -0.39 is 0 Å². The van der Waals surface area contributed by atoms with Crippen molar-refractivity contribution in [3.8, 4) is 17.0 Å². The molecule has 2 amide bonds. The van der Waals surface area contributed by atoms with Crippen LogP contribution >= 0.6 is 0 Å². The maximum absolute atomic E-state index is 12.9. The molecule has 0 spiro atoms. The highest BCUT2D eigenvalue weighted by atomic mass is 16.6. The first-order valence-electron chi connectivity index (χ1n) is 9.34. The second kappa shape index (κ2) is 8.33. The molecule has 2 heterocycles. The lowest BCUT2D eigenvalue weighted by Gasteiger charge is -2.33. The number of rotatable bonds is 4. The van der Waals surface area contributed by atoms with E-state index in [1.807, 2.05) is 32.2 Å². The quantitative estimate of drug-likeness (QED) is 0.806. The zero-order chi connectivity index (χ0) is 20.3. The van der Waals surface area contributed by atoms with Crippen molar-refractivity contribution in [2.75, 3.05) is 39.9 Å². The number of hydrogen-bond donors (Lipinski definition) is 0. The first-order valence-corrected chi connectivity index (χ1v) is 9.34. The molecule has 150 valence electrons. The van der Waals surface area contributed by atoms with Crippen molar-refractivity contribution < 1.29 is 19.1 Å². The van der Waals surface area contributed by atoms with Crippen LogP contribution in [0.5, 0.6) is 5.75 Å². The molecule has 0 radical (unpaired) electrons. The van der Waals surface area contributed by atoms with Crippen molar-refractivity contribution >= 4 is 12.0 Å². The Bertz CT molecular complexity index is 869. The second-order valence-electron chi connectivity index (χ2n) is 6.72. The largest absolute Gasteiger partial charge is 0.496 e. The summed E-state index contributed by atoms with van der Waals surface area (Å²) in [5.74, 6) is 0.590. The van der Waals surface area contributed by atoms with Gasteiger partial charge in [-0.15, -0.1) is 0 Å². The third-order valence-corrected chi connectivity index (χ3v) is 4.82. The van der Waals surface area contributed by atoms with Crippen LogP contribution in [-0.2, 0) is 11.8 Å². The summed E-state index contributed by atoms with van der Waals surface area (Å²) in [4.78, 5) is 28.1. The van der Waals surface area contributed by atoms with Crippen LogP contribution in [0.15, 0.2) is 24.3 Å². The van der Waals surface area contributed by atoms with Crippen molar-refractivity contribution in [1.82, 2.24) is 19.6 Å². The molecule has 28 heavy (non-hydrogen) atoms. The van der Waals surface area contributed by atoms with E-state index in [4.69, 9.17) is 9.47 Å². The minimum Gasteiger partial charge on any atom is -0.496 e. The molecule has 0 atom stereocenters. The van der Waals surface area contributed by atoms with Crippen LogP contribution in [0.1, 0.15) is 23.0 Å². The van der Waals surface area contributed by atoms with Gasteiger partial charge in [0.25, 0.3) is 5.91 Å². The smallest absolute Gasteiger partial charge is 0.409 e. The van der Waals surface area contributed by atoms with Gasteiger partial charge in [-0.25, -0.2) is 4.79 Å². The zero-order valence-electron chi connectivity index (χ0n) is 16.8. The number of carbonyl (C=O) groups is 2. The van der Waals surface area contributed by atoms with Crippen LogP contribution in [0.2, 0.25) is 0 Å². The van der Waals surface area contributed by atoms with Gasteiger partial charge in [-0.1, -0.05) is 11.6 Å². The van der Waals surface area contributed by atoms with E-state index in [9.17, 15) is 9.59 Å². The van der Waals surface area contributed by atoms with Crippen LogP contribution in [0.4, 0.5) is 4.79 Å². The molecule has 1 aromatic heterocycles. The predicted molar refractivity (Wildman–Crippen MR) is 104 cm³/mol. The number of nitrogens with zero attached hydrogens (tertiary/aromatic N) is 4. The van der Waals surface area contributed by atoms with Gasteiger partial charge in [-0.2, -0.15) is 5.10 Å². The molecule has 0 N–H and O–H groups in total. The Kier molecular flexibility index (Phi) is 5.87. The van der Waals surface area contributed by atoms with Crippen molar-refractivity contribution in [2.24, 2.45) is 7.05 Å². The van der Waals surface area contributed by atoms with E-state index in [0.717, 1.165) is 22.6 Å². The fourth-order valence-corrected chi connectivity index (χ4v) is 3.31. The molecular weight excluding hydrogens is 360 g/mol. The molecule has 0 aliphatic carbocycles. The highest BCUT2D eigenvalue weighted by Gasteiger charge is 2.27. The van der Waals surface area contributed by atoms with Gasteiger partial charge in [0.05, 0.1) is 19.4 Å². The van der Waals surface area contributed by atoms with Crippen LogP contribution in [0.3, 0.4) is 0 Å². The zero-order valence-corrected chi connectivity index (χ0v) is 16.8. The Labute approximate surface area is 164 Å². The number of amides is 2. The molecule has 2 aromatic rings. The Morgan fingerprint density at radius 1 is 1.11 bits per heavy atom. The first kappa shape index (κ1) is 19.7. The number of piperazine rings is 1. The summed E-state index contributed by atoms with van der Waals surface area (Å²) in [6, 6.07) is 7.70. The van der Waals surface area contributed by atoms with Gasteiger partial charge in [0.2, 0.25) is 0 Å². The van der Waals surface area contributed by atoms with Gasteiger partial charge in [0.15, 0.2) is 5.69 Å². The standard InChI is InChI=1S/C20H26N4O4/c1-5-28-20(26)24-10-8-23(9-11-24)19(25)16-13-17(22(3)21-16)15-12-14(2)6-7-18(15)27-4/h6-7,12-13H,5,8-11H2,1-4H3. The van der Waals surface area contributed by atoms with Crippen LogP contribution in [0, 0.1) is 6.92 Å². The number of methoxy groups -OCH3 is 1. The number of hydrogen-bond acceptors (Lipinski definition) is 5. The van der Waals surface area contributed by atoms with Crippen molar-refractivity contribution in [2.45, 2.75) is 13.8 Å².